The highest BCUT2D eigenvalue weighted by Gasteiger charge is 2.32. The van der Waals surface area contributed by atoms with Gasteiger partial charge in [0.15, 0.2) is 0 Å². The van der Waals surface area contributed by atoms with Crippen molar-refractivity contribution in [3.8, 4) is 5.75 Å². The lowest BCUT2D eigenvalue weighted by Crippen LogP contribution is -2.34. The second-order valence-electron chi connectivity index (χ2n) is 4.08. The first-order valence-electron chi connectivity index (χ1n) is 5.49. The SMILES string of the molecule is O=C(c1ccc(O)c(Cl)c1)N(CCBr)C1CC1. The summed E-state index contributed by atoms with van der Waals surface area (Å²) in [6.07, 6.45) is 2.15. The Hall–Kier alpha value is -0.740. The molecule has 1 aromatic rings. The molecule has 0 atom stereocenters. The average molecular weight is 319 g/mol. The molecule has 17 heavy (non-hydrogen) atoms. The number of benzene rings is 1. The lowest BCUT2D eigenvalue weighted by Gasteiger charge is -2.21. The maximum Gasteiger partial charge on any atom is 0.254 e. The van der Waals surface area contributed by atoms with E-state index in [1.807, 2.05) is 4.90 Å². The van der Waals surface area contributed by atoms with Gasteiger partial charge in [0.25, 0.3) is 5.91 Å². The van der Waals surface area contributed by atoms with E-state index in [1.165, 1.54) is 12.1 Å². The molecule has 3 nitrogen and oxygen atoms in total. The number of rotatable bonds is 4. The molecule has 0 unspecified atom stereocenters. The average Bonchev–Trinajstić information content (AvgIpc) is 3.13. The first-order valence-corrected chi connectivity index (χ1v) is 6.99. The van der Waals surface area contributed by atoms with E-state index in [4.69, 9.17) is 11.6 Å². The number of hydrogen-bond acceptors (Lipinski definition) is 2. The topological polar surface area (TPSA) is 40.5 Å². The molecular formula is C12H13BrClNO2. The Bertz CT molecular complexity index is 435. The summed E-state index contributed by atoms with van der Waals surface area (Å²) in [4.78, 5) is 14.1. The first kappa shape index (κ1) is 12.7. The van der Waals surface area contributed by atoms with E-state index < -0.39 is 0 Å². The molecule has 0 spiro atoms. The summed E-state index contributed by atoms with van der Waals surface area (Å²) in [5.74, 6) is -0.0180. The molecule has 0 heterocycles. The van der Waals surface area contributed by atoms with Crippen LogP contribution in [0.2, 0.25) is 5.02 Å². The van der Waals surface area contributed by atoms with Crippen LogP contribution in [0, 0.1) is 0 Å². The van der Waals surface area contributed by atoms with Crippen molar-refractivity contribution in [2.75, 3.05) is 11.9 Å². The van der Waals surface area contributed by atoms with Gasteiger partial charge >= 0.3 is 0 Å². The zero-order valence-electron chi connectivity index (χ0n) is 9.20. The van der Waals surface area contributed by atoms with Gasteiger partial charge in [-0.1, -0.05) is 27.5 Å². The van der Waals surface area contributed by atoms with Crippen LogP contribution in [0.1, 0.15) is 23.2 Å². The number of halogens is 2. The number of aromatic hydroxyl groups is 1. The molecule has 0 aromatic heterocycles. The Balaban J connectivity index is 2.19. The Kier molecular flexibility index (Phi) is 3.94. The summed E-state index contributed by atoms with van der Waals surface area (Å²) in [6, 6.07) is 4.94. The van der Waals surface area contributed by atoms with E-state index in [-0.39, 0.29) is 16.7 Å². The number of amides is 1. The van der Waals surface area contributed by atoms with Gasteiger partial charge < -0.3 is 10.0 Å². The summed E-state index contributed by atoms with van der Waals surface area (Å²) in [5.41, 5.74) is 0.528. The molecule has 1 fully saturated rings. The fourth-order valence-electron chi connectivity index (χ4n) is 1.73. The van der Waals surface area contributed by atoms with Crippen molar-refractivity contribution in [1.29, 1.82) is 0 Å². The molecule has 0 saturated heterocycles. The molecular weight excluding hydrogens is 305 g/mol. The van der Waals surface area contributed by atoms with Crippen LogP contribution in [0.5, 0.6) is 5.75 Å². The van der Waals surface area contributed by atoms with Crippen LogP contribution in [0.25, 0.3) is 0 Å². The minimum atomic E-state index is -0.0196. The van der Waals surface area contributed by atoms with Crippen LogP contribution in [0.15, 0.2) is 18.2 Å². The Morgan fingerprint density at radius 3 is 2.76 bits per heavy atom. The van der Waals surface area contributed by atoms with Crippen molar-refractivity contribution < 1.29 is 9.90 Å². The van der Waals surface area contributed by atoms with Crippen LogP contribution >= 0.6 is 27.5 Å². The molecule has 5 heteroatoms. The molecule has 0 bridgehead atoms. The monoisotopic (exact) mass is 317 g/mol. The predicted octanol–water partition coefficient (Wildman–Crippen LogP) is 3.05. The number of phenolic OH excluding ortho intramolecular Hbond substituents is 1. The van der Waals surface area contributed by atoms with Crippen LogP contribution in [-0.2, 0) is 0 Å². The first-order chi connectivity index (χ1) is 8.13. The fraction of sp³-hybridized carbons (Fsp3) is 0.417. The quantitative estimate of drug-likeness (QED) is 0.867. The zero-order valence-corrected chi connectivity index (χ0v) is 11.5. The van der Waals surface area contributed by atoms with Crippen molar-refractivity contribution in [2.24, 2.45) is 0 Å². The van der Waals surface area contributed by atoms with Gasteiger partial charge in [0.2, 0.25) is 0 Å². The van der Waals surface area contributed by atoms with Crippen molar-refractivity contribution >= 4 is 33.4 Å². The number of carbonyl (C=O) groups excluding carboxylic acids is 1. The summed E-state index contributed by atoms with van der Waals surface area (Å²) in [6.45, 7) is 0.696. The summed E-state index contributed by atoms with van der Waals surface area (Å²) >= 11 is 9.16. The minimum absolute atomic E-state index is 0.00156. The third kappa shape index (κ3) is 2.93. The van der Waals surface area contributed by atoms with E-state index in [2.05, 4.69) is 15.9 Å². The van der Waals surface area contributed by atoms with E-state index in [0.29, 0.717) is 18.2 Å². The van der Waals surface area contributed by atoms with Gasteiger partial charge in [0, 0.05) is 23.5 Å². The molecule has 1 aliphatic carbocycles. The lowest BCUT2D eigenvalue weighted by atomic mass is 10.2. The number of alkyl halides is 1. The van der Waals surface area contributed by atoms with Gasteiger partial charge in [-0.05, 0) is 31.0 Å². The van der Waals surface area contributed by atoms with E-state index in [0.717, 1.165) is 18.2 Å². The van der Waals surface area contributed by atoms with Crippen LogP contribution in [-0.4, -0.2) is 33.8 Å². The lowest BCUT2D eigenvalue weighted by molar-refractivity contribution is 0.0754. The maximum absolute atomic E-state index is 12.2. The third-order valence-electron chi connectivity index (χ3n) is 2.77. The highest BCUT2D eigenvalue weighted by Crippen LogP contribution is 2.30. The van der Waals surface area contributed by atoms with Crippen molar-refractivity contribution in [2.45, 2.75) is 18.9 Å². The van der Waals surface area contributed by atoms with E-state index >= 15 is 0 Å². The molecule has 1 aromatic carbocycles. The van der Waals surface area contributed by atoms with Gasteiger partial charge in [0.1, 0.15) is 5.75 Å². The molecule has 92 valence electrons. The van der Waals surface area contributed by atoms with E-state index in [9.17, 15) is 9.90 Å². The standard InChI is InChI=1S/C12H13BrClNO2/c13-5-6-15(9-2-3-9)12(17)8-1-4-11(16)10(14)7-8/h1,4,7,9,16H,2-3,5-6H2. The highest BCUT2D eigenvalue weighted by molar-refractivity contribution is 9.09. The van der Waals surface area contributed by atoms with Crippen molar-refractivity contribution in [3.05, 3.63) is 28.8 Å². The van der Waals surface area contributed by atoms with E-state index in [1.54, 1.807) is 6.07 Å². The molecule has 1 aliphatic rings. The van der Waals surface area contributed by atoms with Gasteiger partial charge in [-0.2, -0.15) is 0 Å². The maximum atomic E-state index is 12.2. The van der Waals surface area contributed by atoms with Gasteiger partial charge in [-0.25, -0.2) is 0 Å². The molecule has 2 rings (SSSR count). The Morgan fingerprint density at radius 2 is 2.24 bits per heavy atom. The van der Waals surface area contributed by atoms with Crippen molar-refractivity contribution in [3.63, 3.8) is 0 Å². The largest absolute Gasteiger partial charge is 0.506 e. The van der Waals surface area contributed by atoms with Crippen LogP contribution in [0.3, 0.4) is 0 Å². The molecule has 1 saturated carbocycles. The summed E-state index contributed by atoms with van der Waals surface area (Å²) in [7, 11) is 0. The Labute approximate surface area is 114 Å². The Morgan fingerprint density at radius 1 is 1.53 bits per heavy atom. The minimum Gasteiger partial charge on any atom is -0.506 e. The van der Waals surface area contributed by atoms with Gasteiger partial charge in [-0.15, -0.1) is 0 Å². The number of hydrogen-bond donors (Lipinski definition) is 1. The third-order valence-corrected chi connectivity index (χ3v) is 3.43. The van der Waals surface area contributed by atoms with Crippen LogP contribution < -0.4 is 0 Å². The fourth-order valence-corrected chi connectivity index (χ4v) is 2.30. The molecule has 0 aliphatic heterocycles. The smallest absolute Gasteiger partial charge is 0.254 e. The van der Waals surface area contributed by atoms with Gasteiger partial charge in [-0.3, -0.25) is 4.79 Å². The number of nitrogens with zero attached hydrogens (tertiary/aromatic N) is 1. The number of carbonyl (C=O) groups is 1. The van der Waals surface area contributed by atoms with Crippen LogP contribution in [0.4, 0.5) is 0 Å². The molecule has 1 amide bonds. The molecule has 1 N–H and O–H groups in total. The normalized spacial score (nSPS) is 14.7. The van der Waals surface area contributed by atoms with Gasteiger partial charge in [0.05, 0.1) is 5.02 Å². The molecule has 0 radical (unpaired) electrons. The predicted molar refractivity (Wildman–Crippen MR) is 71.0 cm³/mol. The summed E-state index contributed by atoms with van der Waals surface area (Å²) in [5, 5.41) is 10.3. The van der Waals surface area contributed by atoms with Crippen molar-refractivity contribution in [1.82, 2.24) is 4.90 Å². The summed E-state index contributed by atoms with van der Waals surface area (Å²) < 4.78 is 0. The number of phenols is 1. The second-order valence-corrected chi connectivity index (χ2v) is 5.29. The zero-order chi connectivity index (χ0) is 12.4. The highest BCUT2D eigenvalue weighted by atomic mass is 79.9. The second kappa shape index (κ2) is 5.27.